The fraction of sp³-hybridized carbons (Fsp3) is 0.367. The van der Waals surface area contributed by atoms with Gasteiger partial charge in [-0.25, -0.2) is 4.79 Å². The Balaban J connectivity index is 2.05. The van der Waals surface area contributed by atoms with Crippen LogP contribution in [0, 0.1) is 11.3 Å². The van der Waals surface area contributed by atoms with Crippen molar-refractivity contribution in [3.63, 3.8) is 0 Å². The summed E-state index contributed by atoms with van der Waals surface area (Å²) in [5.41, 5.74) is 1.19. The lowest BCUT2D eigenvalue weighted by atomic mass is 10.1. The molecule has 39 heavy (non-hydrogen) atoms. The third kappa shape index (κ3) is 10.5. The van der Waals surface area contributed by atoms with E-state index in [2.05, 4.69) is 12.2 Å². The van der Waals surface area contributed by atoms with Gasteiger partial charge in [0.15, 0.2) is 23.0 Å². The monoisotopic (exact) mass is 536 g/mol. The van der Waals surface area contributed by atoms with Crippen molar-refractivity contribution in [1.82, 2.24) is 5.32 Å². The fourth-order valence-electron chi connectivity index (χ4n) is 3.46. The first-order valence-corrected chi connectivity index (χ1v) is 12.7. The van der Waals surface area contributed by atoms with E-state index < -0.39 is 11.9 Å². The quantitative estimate of drug-likeness (QED) is 0.105. The molecule has 0 aliphatic carbocycles. The van der Waals surface area contributed by atoms with Gasteiger partial charge < -0.3 is 29.0 Å². The van der Waals surface area contributed by atoms with E-state index in [1.165, 1.54) is 45.3 Å². The number of nitrogens with zero attached hydrogens (tertiary/aromatic N) is 1. The average Bonchev–Trinajstić information content (AvgIpc) is 2.95. The molecule has 2 aromatic carbocycles. The molecular weight excluding hydrogens is 500 g/mol. The molecule has 9 nitrogen and oxygen atoms in total. The van der Waals surface area contributed by atoms with Crippen molar-refractivity contribution in [2.75, 3.05) is 41.1 Å². The molecule has 0 unspecified atom stereocenters. The third-order valence-electron chi connectivity index (χ3n) is 5.52. The molecular formula is C30H36N2O7. The molecule has 208 valence electrons. The molecule has 0 spiro atoms. The second-order valence-corrected chi connectivity index (χ2v) is 8.40. The van der Waals surface area contributed by atoms with E-state index >= 15 is 0 Å². The van der Waals surface area contributed by atoms with E-state index in [4.69, 9.17) is 23.7 Å². The molecule has 1 N–H and O–H groups in total. The highest BCUT2D eigenvalue weighted by Gasteiger charge is 2.12. The SMILES string of the molecule is CCCCCCOc1ccc(/C=C/C(=O)Oc2ccc(/C=C(\C#N)C(=O)NCCOC)cc2OC)cc1OC. The molecule has 0 bridgehead atoms. The van der Waals surface area contributed by atoms with Gasteiger partial charge in [0, 0.05) is 19.7 Å². The maximum Gasteiger partial charge on any atom is 0.336 e. The molecule has 0 heterocycles. The summed E-state index contributed by atoms with van der Waals surface area (Å²) in [6, 6.07) is 12.0. The van der Waals surface area contributed by atoms with E-state index in [9.17, 15) is 14.9 Å². The highest BCUT2D eigenvalue weighted by atomic mass is 16.6. The minimum Gasteiger partial charge on any atom is -0.493 e. The van der Waals surface area contributed by atoms with Crippen molar-refractivity contribution in [3.8, 4) is 29.1 Å². The van der Waals surface area contributed by atoms with Crippen LogP contribution in [0.5, 0.6) is 23.0 Å². The largest absolute Gasteiger partial charge is 0.493 e. The predicted octanol–water partition coefficient (Wildman–Crippen LogP) is 4.95. The topological polar surface area (TPSA) is 116 Å². The average molecular weight is 537 g/mol. The van der Waals surface area contributed by atoms with Crippen molar-refractivity contribution < 1.29 is 33.3 Å². The second-order valence-electron chi connectivity index (χ2n) is 8.40. The number of nitrogens with one attached hydrogen (secondary N) is 1. The third-order valence-corrected chi connectivity index (χ3v) is 5.52. The maximum atomic E-state index is 12.5. The number of unbranched alkanes of at least 4 members (excludes halogenated alkanes) is 3. The van der Waals surface area contributed by atoms with E-state index in [1.54, 1.807) is 31.4 Å². The van der Waals surface area contributed by atoms with Crippen molar-refractivity contribution in [3.05, 3.63) is 59.2 Å². The molecule has 0 saturated carbocycles. The van der Waals surface area contributed by atoms with Gasteiger partial charge in [0.2, 0.25) is 0 Å². The molecule has 9 heteroatoms. The number of rotatable bonds is 16. The van der Waals surface area contributed by atoms with Gasteiger partial charge in [-0.1, -0.05) is 38.3 Å². The lowest BCUT2D eigenvalue weighted by Crippen LogP contribution is -2.27. The molecule has 0 fully saturated rings. The molecule has 0 radical (unpaired) electrons. The number of ether oxygens (including phenoxy) is 5. The number of methoxy groups -OCH3 is 3. The molecule has 2 rings (SSSR count). The minimum absolute atomic E-state index is 0.0795. The number of hydrogen-bond acceptors (Lipinski definition) is 8. The van der Waals surface area contributed by atoms with E-state index in [1.807, 2.05) is 18.2 Å². The van der Waals surface area contributed by atoms with Gasteiger partial charge in [0.1, 0.15) is 11.6 Å². The maximum absolute atomic E-state index is 12.5. The Bertz CT molecular complexity index is 1200. The van der Waals surface area contributed by atoms with Gasteiger partial charge in [-0.3, -0.25) is 4.79 Å². The lowest BCUT2D eigenvalue weighted by molar-refractivity contribution is -0.129. The summed E-state index contributed by atoms with van der Waals surface area (Å²) in [5.74, 6) is 0.566. The first kappa shape index (κ1) is 30.9. The van der Waals surface area contributed by atoms with Crippen molar-refractivity contribution in [2.24, 2.45) is 0 Å². The van der Waals surface area contributed by atoms with Crippen molar-refractivity contribution in [1.29, 1.82) is 5.26 Å². The van der Waals surface area contributed by atoms with Crippen LogP contribution in [0.3, 0.4) is 0 Å². The van der Waals surface area contributed by atoms with Gasteiger partial charge in [-0.05, 0) is 54.0 Å². The van der Waals surface area contributed by atoms with Crippen LogP contribution in [0.4, 0.5) is 0 Å². The van der Waals surface area contributed by atoms with Gasteiger partial charge in [-0.15, -0.1) is 0 Å². The summed E-state index contributed by atoms with van der Waals surface area (Å²) in [7, 11) is 4.52. The van der Waals surface area contributed by atoms with E-state index in [-0.39, 0.29) is 23.6 Å². The smallest absolute Gasteiger partial charge is 0.336 e. The summed E-state index contributed by atoms with van der Waals surface area (Å²) in [4.78, 5) is 24.7. The van der Waals surface area contributed by atoms with E-state index in [0.29, 0.717) is 30.3 Å². The molecule has 0 aromatic heterocycles. The van der Waals surface area contributed by atoms with Crippen LogP contribution < -0.4 is 24.3 Å². The zero-order valence-electron chi connectivity index (χ0n) is 23.0. The highest BCUT2D eigenvalue weighted by Crippen LogP contribution is 2.30. The molecule has 0 aliphatic rings. The fourth-order valence-corrected chi connectivity index (χ4v) is 3.46. The Morgan fingerprint density at radius 1 is 0.897 bits per heavy atom. The summed E-state index contributed by atoms with van der Waals surface area (Å²) in [6.45, 7) is 3.40. The number of carbonyl (C=O) groups is 2. The lowest BCUT2D eigenvalue weighted by Gasteiger charge is -2.11. The van der Waals surface area contributed by atoms with Gasteiger partial charge in [-0.2, -0.15) is 5.26 Å². The summed E-state index contributed by atoms with van der Waals surface area (Å²) in [6.07, 6.45) is 8.79. The first-order chi connectivity index (χ1) is 18.9. The molecule has 0 saturated heterocycles. The van der Waals surface area contributed by atoms with Gasteiger partial charge >= 0.3 is 5.97 Å². The molecule has 2 aromatic rings. The van der Waals surface area contributed by atoms with Crippen LogP contribution in [0.15, 0.2) is 48.0 Å². The highest BCUT2D eigenvalue weighted by molar-refractivity contribution is 6.01. The van der Waals surface area contributed by atoms with Crippen LogP contribution in [0.2, 0.25) is 0 Å². The Hall–Kier alpha value is -4.29. The Labute approximate surface area is 230 Å². The summed E-state index contributed by atoms with van der Waals surface area (Å²) < 4.78 is 26.9. The number of benzene rings is 2. The van der Waals surface area contributed by atoms with Crippen LogP contribution in [0.25, 0.3) is 12.2 Å². The van der Waals surface area contributed by atoms with Crippen LogP contribution in [0.1, 0.15) is 43.7 Å². The van der Waals surface area contributed by atoms with Crippen molar-refractivity contribution in [2.45, 2.75) is 32.6 Å². The van der Waals surface area contributed by atoms with Crippen molar-refractivity contribution >= 4 is 24.0 Å². The minimum atomic E-state index is -0.609. The van der Waals surface area contributed by atoms with Crippen LogP contribution >= 0.6 is 0 Å². The summed E-state index contributed by atoms with van der Waals surface area (Å²) >= 11 is 0. The summed E-state index contributed by atoms with van der Waals surface area (Å²) in [5, 5.41) is 11.9. The van der Waals surface area contributed by atoms with Gasteiger partial charge in [0.25, 0.3) is 5.91 Å². The first-order valence-electron chi connectivity index (χ1n) is 12.7. The number of esters is 1. The molecule has 0 aliphatic heterocycles. The Morgan fingerprint density at radius 2 is 1.59 bits per heavy atom. The standard InChI is InChI=1S/C30H36N2O7/c1-5-6-7-8-16-38-25-12-9-22(19-27(25)36-3)11-14-29(33)39-26-13-10-23(20-28(26)37-4)18-24(21-31)30(34)32-15-17-35-2/h9-14,18-20H,5-8,15-17H2,1-4H3,(H,32,34)/b14-11+,24-18+. The number of amides is 1. The van der Waals surface area contributed by atoms with Crippen LogP contribution in [-0.4, -0.2) is 53.0 Å². The predicted molar refractivity (Wildman–Crippen MR) is 149 cm³/mol. The number of hydrogen-bond donors (Lipinski definition) is 1. The Morgan fingerprint density at radius 3 is 2.28 bits per heavy atom. The Kier molecular flexibility index (Phi) is 13.7. The molecule has 1 amide bonds. The van der Waals surface area contributed by atoms with Crippen LogP contribution in [-0.2, 0) is 14.3 Å². The van der Waals surface area contributed by atoms with E-state index in [0.717, 1.165) is 18.4 Å². The second kappa shape index (κ2) is 17.3. The zero-order chi connectivity index (χ0) is 28.5. The number of nitriles is 1. The molecule has 0 atom stereocenters. The normalized spacial score (nSPS) is 11.1. The zero-order valence-corrected chi connectivity index (χ0v) is 23.0. The van der Waals surface area contributed by atoms with Gasteiger partial charge in [0.05, 0.1) is 27.4 Å². The number of carbonyl (C=O) groups excluding carboxylic acids is 2.